The third-order valence-electron chi connectivity index (χ3n) is 1.94. The van der Waals surface area contributed by atoms with E-state index in [-0.39, 0.29) is 18.0 Å². The van der Waals surface area contributed by atoms with Gasteiger partial charge in [0.25, 0.3) is 5.91 Å². The molecule has 5 nitrogen and oxygen atoms in total. The van der Waals surface area contributed by atoms with Crippen molar-refractivity contribution in [2.45, 2.75) is 0 Å². The van der Waals surface area contributed by atoms with Gasteiger partial charge in [-0.1, -0.05) is 11.6 Å². The summed E-state index contributed by atoms with van der Waals surface area (Å²) in [6, 6.07) is 1.51. The van der Waals surface area contributed by atoms with Gasteiger partial charge in [-0.15, -0.1) is 0 Å². The Balaban J connectivity index is 2.79. The molecule has 1 aromatic rings. The molecule has 1 aromatic heterocycles. The number of esters is 1. The quantitative estimate of drug-likeness (QED) is 0.742. The Kier molecular flexibility index (Phi) is 4.25. The molecular weight excluding hydrogens is 232 g/mol. The van der Waals surface area contributed by atoms with Gasteiger partial charge in [0.15, 0.2) is 0 Å². The van der Waals surface area contributed by atoms with Gasteiger partial charge in [0, 0.05) is 19.4 Å². The smallest absolute Gasteiger partial charge is 0.325 e. The molecule has 0 atom stereocenters. The Morgan fingerprint density at radius 3 is 2.81 bits per heavy atom. The van der Waals surface area contributed by atoms with Crippen molar-refractivity contribution < 1.29 is 14.3 Å². The minimum absolute atomic E-state index is 0.124. The lowest BCUT2D eigenvalue weighted by Gasteiger charge is -2.15. The number of carbonyl (C=O) groups is 2. The summed E-state index contributed by atoms with van der Waals surface area (Å²) in [6.45, 7) is -0.124. The number of hydrogen-bond donors (Lipinski definition) is 0. The highest BCUT2D eigenvalue weighted by molar-refractivity contribution is 6.33. The van der Waals surface area contributed by atoms with Crippen LogP contribution in [0.1, 0.15) is 10.4 Å². The van der Waals surface area contributed by atoms with Crippen molar-refractivity contribution in [2.75, 3.05) is 20.7 Å². The molecule has 0 spiro atoms. The first-order valence-corrected chi connectivity index (χ1v) is 4.86. The van der Waals surface area contributed by atoms with Gasteiger partial charge in [0.05, 0.1) is 17.7 Å². The molecule has 0 unspecified atom stereocenters. The van der Waals surface area contributed by atoms with Gasteiger partial charge < -0.3 is 9.64 Å². The Morgan fingerprint density at radius 1 is 1.56 bits per heavy atom. The molecule has 0 radical (unpaired) electrons. The summed E-state index contributed by atoms with van der Waals surface area (Å²) in [5, 5.41) is 0.303. The van der Waals surface area contributed by atoms with Crippen molar-refractivity contribution in [1.29, 1.82) is 0 Å². The van der Waals surface area contributed by atoms with Crippen molar-refractivity contribution in [2.24, 2.45) is 0 Å². The van der Waals surface area contributed by atoms with Gasteiger partial charge in [0.2, 0.25) is 0 Å². The number of carbonyl (C=O) groups excluding carboxylic acids is 2. The molecule has 86 valence electrons. The molecule has 0 aliphatic carbocycles. The number of hydrogen-bond acceptors (Lipinski definition) is 4. The van der Waals surface area contributed by atoms with Crippen molar-refractivity contribution in [1.82, 2.24) is 9.88 Å². The van der Waals surface area contributed by atoms with Crippen LogP contribution in [0.4, 0.5) is 0 Å². The number of methoxy groups -OCH3 is 1. The standard InChI is InChI=1S/C10H11ClN2O3/c1-13(6-9(14)16-2)10(15)7-5-12-4-3-8(7)11/h3-5H,6H2,1-2H3. The molecule has 0 aliphatic heterocycles. The fraction of sp³-hybridized carbons (Fsp3) is 0.300. The maximum atomic E-state index is 11.8. The Labute approximate surface area is 98.0 Å². The van der Waals surface area contributed by atoms with Crippen LogP contribution < -0.4 is 0 Å². The number of amides is 1. The van der Waals surface area contributed by atoms with Crippen LogP contribution in [-0.4, -0.2) is 42.5 Å². The SMILES string of the molecule is COC(=O)CN(C)C(=O)c1cnccc1Cl. The molecule has 1 heterocycles. The molecule has 0 aromatic carbocycles. The van der Waals surface area contributed by atoms with Crippen LogP contribution in [0.25, 0.3) is 0 Å². The number of aromatic nitrogens is 1. The number of likely N-dealkylation sites (N-methyl/N-ethyl adjacent to an activating group) is 1. The molecule has 0 saturated carbocycles. The summed E-state index contributed by atoms with van der Waals surface area (Å²) < 4.78 is 4.46. The van der Waals surface area contributed by atoms with Crippen LogP contribution in [0.5, 0.6) is 0 Å². The van der Waals surface area contributed by atoms with Crippen LogP contribution >= 0.6 is 11.6 Å². The second-order valence-corrected chi connectivity index (χ2v) is 3.50. The van der Waals surface area contributed by atoms with Gasteiger partial charge in [-0.3, -0.25) is 14.6 Å². The van der Waals surface area contributed by atoms with Crippen molar-refractivity contribution >= 4 is 23.5 Å². The van der Waals surface area contributed by atoms with E-state index in [0.717, 1.165) is 0 Å². The zero-order chi connectivity index (χ0) is 12.1. The molecule has 0 bridgehead atoms. The normalized spacial score (nSPS) is 9.69. The van der Waals surface area contributed by atoms with Gasteiger partial charge >= 0.3 is 5.97 Å². The second-order valence-electron chi connectivity index (χ2n) is 3.09. The van der Waals surface area contributed by atoms with E-state index in [1.165, 1.54) is 37.5 Å². The zero-order valence-corrected chi connectivity index (χ0v) is 9.69. The van der Waals surface area contributed by atoms with Crippen LogP contribution in [0, 0.1) is 0 Å². The molecule has 0 fully saturated rings. The van der Waals surface area contributed by atoms with E-state index in [2.05, 4.69) is 9.72 Å². The lowest BCUT2D eigenvalue weighted by molar-refractivity contribution is -0.141. The molecule has 0 aliphatic rings. The Bertz CT molecular complexity index is 409. The first-order chi connectivity index (χ1) is 7.56. The largest absolute Gasteiger partial charge is 0.468 e. The molecule has 6 heteroatoms. The molecule has 0 saturated heterocycles. The predicted molar refractivity (Wildman–Crippen MR) is 58.2 cm³/mol. The Hall–Kier alpha value is -1.62. The average molecular weight is 243 g/mol. The highest BCUT2D eigenvalue weighted by Crippen LogP contribution is 2.15. The van der Waals surface area contributed by atoms with E-state index in [4.69, 9.17) is 11.6 Å². The number of rotatable bonds is 3. The topological polar surface area (TPSA) is 59.5 Å². The van der Waals surface area contributed by atoms with Crippen LogP contribution in [0.2, 0.25) is 5.02 Å². The first-order valence-electron chi connectivity index (χ1n) is 4.48. The molecule has 0 N–H and O–H groups in total. The highest BCUT2D eigenvalue weighted by atomic mass is 35.5. The minimum atomic E-state index is -0.490. The summed E-state index contributed by atoms with van der Waals surface area (Å²) in [7, 11) is 2.75. The van der Waals surface area contributed by atoms with E-state index in [1.807, 2.05) is 0 Å². The van der Waals surface area contributed by atoms with E-state index in [0.29, 0.717) is 5.02 Å². The minimum Gasteiger partial charge on any atom is -0.468 e. The van der Waals surface area contributed by atoms with Crippen LogP contribution in [-0.2, 0) is 9.53 Å². The summed E-state index contributed by atoms with van der Waals surface area (Å²) in [6.07, 6.45) is 2.85. The van der Waals surface area contributed by atoms with Gasteiger partial charge in [-0.25, -0.2) is 0 Å². The number of halogens is 1. The maximum Gasteiger partial charge on any atom is 0.325 e. The van der Waals surface area contributed by atoms with E-state index in [9.17, 15) is 9.59 Å². The first kappa shape index (κ1) is 12.4. The average Bonchev–Trinajstić information content (AvgIpc) is 2.28. The van der Waals surface area contributed by atoms with Crippen LogP contribution in [0.3, 0.4) is 0 Å². The number of pyridine rings is 1. The highest BCUT2D eigenvalue weighted by Gasteiger charge is 2.17. The Morgan fingerprint density at radius 2 is 2.25 bits per heavy atom. The van der Waals surface area contributed by atoms with E-state index < -0.39 is 5.97 Å². The lowest BCUT2D eigenvalue weighted by atomic mass is 10.2. The monoisotopic (exact) mass is 242 g/mol. The van der Waals surface area contributed by atoms with E-state index >= 15 is 0 Å². The molecular formula is C10H11ClN2O3. The zero-order valence-electron chi connectivity index (χ0n) is 8.94. The summed E-state index contributed by atoms with van der Waals surface area (Å²) in [4.78, 5) is 27.8. The third kappa shape index (κ3) is 2.93. The second kappa shape index (κ2) is 5.46. The summed E-state index contributed by atoms with van der Waals surface area (Å²) in [5.41, 5.74) is 0.260. The molecule has 1 amide bonds. The summed E-state index contributed by atoms with van der Waals surface area (Å²) >= 11 is 5.83. The van der Waals surface area contributed by atoms with Gasteiger partial charge in [0.1, 0.15) is 6.54 Å². The predicted octanol–water partition coefficient (Wildman–Crippen LogP) is 0.980. The maximum absolute atomic E-state index is 11.8. The van der Waals surface area contributed by atoms with Crippen molar-refractivity contribution in [3.8, 4) is 0 Å². The summed E-state index contributed by atoms with van der Waals surface area (Å²) in [5.74, 6) is -0.862. The van der Waals surface area contributed by atoms with Gasteiger partial charge in [-0.05, 0) is 6.07 Å². The molecule has 1 rings (SSSR count). The van der Waals surface area contributed by atoms with E-state index in [1.54, 1.807) is 0 Å². The van der Waals surface area contributed by atoms with Crippen molar-refractivity contribution in [3.05, 3.63) is 29.0 Å². The van der Waals surface area contributed by atoms with Gasteiger partial charge in [-0.2, -0.15) is 0 Å². The number of ether oxygens (including phenoxy) is 1. The fourth-order valence-electron chi connectivity index (χ4n) is 1.07. The third-order valence-corrected chi connectivity index (χ3v) is 2.27. The fourth-order valence-corrected chi connectivity index (χ4v) is 1.26. The van der Waals surface area contributed by atoms with Crippen LogP contribution in [0.15, 0.2) is 18.5 Å². The number of nitrogens with zero attached hydrogens (tertiary/aromatic N) is 2. The molecule has 16 heavy (non-hydrogen) atoms. The van der Waals surface area contributed by atoms with Crippen molar-refractivity contribution in [3.63, 3.8) is 0 Å². The lowest BCUT2D eigenvalue weighted by Crippen LogP contribution is -2.32.